The van der Waals surface area contributed by atoms with Gasteiger partial charge in [-0.25, -0.2) is 4.98 Å². The molecule has 0 spiro atoms. The largest absolute Gasteiger partial charge is 0.376 e. The van der Waals surface area contributed by atoms with Gasteiger partial charge < -0.3 is 10.1 Å². The zero-order chi connectivity index (χ0) is 23.3. The van der Waals surface area contributed by atoms with Crippen molar-refractivity contribution < 1.29 is 9.53 Å². The van der Waals surface area contributed by atoms with Crippen LogP contribution in [-0.2, 0) is 17.8 Å². The van der Waals surface area contributed by atoms with Crippen LogP contribution in [0.15, 0.2) is 79.1 Å². The van der Waals surface area contributed by atoms with Crippen molar-refractivity contribution in [2.45, 2.75) is 26.1 Å². The molecular weight excluding hydrogens is 424 g/mol. The number of nitrogens with one attached hydrogen (secondary N) is 1. The molecule has 5 rings (SSSR count). The van der Waals surface area contributed by atoms with E-state index in [0.29, 0.717) is 12.1 Å². The molecule has 0 aliphatic carbocycles. The van der Waals surface area contributed by atoms with Crippen molar-refractivity contribution in [3.63, 3.8) is 0 Å². The average molecular weight is 453 g/mol. The standard InChI is InChI=1S/C28H28N4O2/c1-20-18-32(12-13-34-20)19-22-7-4-6-21(14-22)16-30-28(33)25-15-27(23-8-5-11-29-17-23)31-26-10-3-2-9-24(25)26/h2-11,14-15,17,20H,12-13,16,18-19H2,1H3,(H,30,33). The third-order valence-corrected chi connectivity index (χ3v) is 6.09. The van der Waals surface area contributed by atoms with Crippen molar-refractivity contribution in [3.8, 4) is 11.3 Å². The molecule has 1 atom stereocenters. The number of morpholine rings is 1. The molecule has 1 fully saturated rings. The normalized spacial score (nSPS) is 16.4. The number of carbonyl (C=O) groups excluding carboxylic acids is 1. The molecule has 172 valence electrons. The number of hydrogen-bond acceptors (Lipinski definition) is 5. The minimum Gasteiger partial charge on any atom is -0.376 e. The van der Waals surface area contributed by atoms with Crippen LogP contribution in [-0.4, -0.2) is 46.6 Å². The van der Waals surface area contributed by atoms with E-state index in [1.54, 1.807) is 12.4 Å². The Balaban J connectivity index is 1.33. The molecule has 1 amide bonds. The number of amides is 1. The van der Waals surface area contributed by atoms with Gasteiger partial charge in [0.1, 0.15) is 0 Å². The molecule has 0 radical (unpaired) electrons. The summed E-state index contributed by atoms with van der Waals surface area (Å²) in [4.78, 5) is 24.6. The second-order valence-corrected chi connectivity index (χ2v) is 8.73. The summed E-state index contributed by atoms with van der Waals surface area (Å²) >= 11 is 0. The van der Waals surface area contributed by atoms with Crippen molar-refractivity contribution in [2.24, 2.45) is 0 Å². The van der Waals surface area contributed by atoms with Gasteiger partial charge in [0.15, 0.2) is 0 Å². The fraction of sp³-hybridized carbons (Fsp3) is 0.250. The van der Waals surface area contributed by atoms with Gasteiger partial charge in [-0.2, -0.15) is 0 Å². The zero-order valence-corrected chi connectivity index (χ0v) is 19.3. The third kappa shape index (κ3) is 5.14. The number of ether oxygens (including phenoxy) is 1. The molecule has 1 unspecified atom stereocenters. The molecule has 1 aliphatic rings. The zero-order valence-electron chi connectivity index (χ0n) is 19.3. The lowest BCUT2D eigenvalue weighted by atomic mass is 10.0. The van der Waals surface area contributed by atoms with E-state index in [1.807, 2.05) is 42.5 Å². The van der Waals surface area contributed by atoms with E-state index in [0.717, 1.165) is 54.0 Å². The minimum absolute atomic E-state index is 0.115. The van der Waals surface area contributed by atoms with E-state index in [-0.39, 0.29) is 12.0 Å². The van der Waals surface area contributed by atoms with Crippen LogP contribution in [0.2, 0.25) is 0 Å². The van der Waals surface area contributed by atoms with Crippen LogP contribution in [0, 0.1) is 0 Å². The summed E-state index contributed by atoms with van der Waals surface area (Å²) in [5.74, 6) is -0.115. The lowest BCUT2D eigenvalue weighted by Crippen LogP contribution is -2.40. The predicted molar refractivity (Wildman–Crippen MR) is 133 cm³/mol. The van der Waals surface area contributed by atoms with E-state index < -0.39 is 0 Å². The van der Waals surface area contributed by atoms with Crippen LogP contribution < -0.4 is 5.32 Å². The third-order valence-electron chi connectivity index (χ3n) is 6.09. The average Bonchev–Trinajstić information content (AvgIpc) is 2.87. The number of benzene rings is 2. The second kappa shape index (κ2) is 10.1. The molecule has 2 aromatic carbocycles. The van der Waals surface area contributed by atoms with Crippen LogP contribution in [0.4, 0.5) is 0 Å². The second-order valence-electron chi connectivity index (χ2n) is 8.73. The number of carbonyl (C=O) groups is 1. The fourth-order valence-electron chi connectivity index (χ4n) is 4.43. The van der Waals surface area contributed by atoms with Gasteiger partial charge in [0.05, 0.1) is 29.5 Å². The number of fused-ring (bicyclic) bond motifs is 1. The van der Waals surface area contributed by atoms with Crippen molar-refractivity contribution in [3.05, 3.63) is 95.8 Å². The molecule has 0 bridgehead atoms. The van der Waals surface area contributed by atoms with Crippen LogP contribution in [0.1, 0.15) is 28.4 Å². The Morgan fingerprint density at radius 3 is 2.82 bits per heavy atom. The van der Waals surface area contributed by atoms with Gasteiger partial charge in [-0.05, 0) is 42.3 Å². The van der Waals surface area contributed by atoms with Gasteiger partial charge in [0, 0.05) is 49.5 Å². The van der Waals surface area contributed by atoms with Crippen LogP contribution in [0.5, 0.6) is 0 Å². The molecule has 0 saturated carbocycles. The van der Waals surface area contributed by atoms with Gasteiger partial charge in [0.2, 0.25) is 0 Å². The van der Waals surface area contributed by atoms with Crippen molar-refractivity contribution in [1.82, 2.24) is 20.2 Å². The summed E-state index contributed by atoms with van der Waals surface area (Å²) in [6.45, 7) is 6.12. The Hall–Kier alpha value is -3.61. The maximum absolute atomic E-state index is 13.3. The molecule has 4 aromatic rings. The number of hydrogen-bond donors (Lipinski definition) is 1. The molecule has 34 heavy (non-hydrogen) atoms. The number of nitrogens with zero attached hydrogens (tertiary/aromatic N) is 3. The van der Waals surface area contributed by atoms with Crippen molar-refractivity contribution >= 4 is 16.8 Å². The van der Waals surface area contributed by atoms with Crippen LogP contribution in [0.3, 0.4) is 0 Å². The Morgan fingerprint density at radius 2 is 1.97 bits per heavy atom. The molecule has 2 aromatic heterocycles. The first-order chi connectivity index (χ1) is 16.7. The van der Waals surface area contributed by atoms with Gasteiger partial charge in [0.25, 0.3) is 5.91 Å². The van der Waals surface area contributed by atoms with E-state index in [1.165, 1.54) is 5.56 Å². The summed E-state index contributed by atoms with van der Waals surface area (Å²) in [6, 6.07) is 21.8. The molecule has 6 nitrogen and oxygen atoms in total. The van der Waals surface area contributed by atoms with Crippen LogP contribution in [0.25, 0.3) is 22.2 Å². The topological polar surface area (TPSA) is 67.4 Å². The first-order valence-electron chi connectivity index (χ1n) is 11.7. The van der Waals surface area contributed by atoms with Gasteiger partial charge in [-0.15, -0.1) is 0 Å². The van der Waals surface area contributed by atoms with E-state index in [4.69, 9.17) is 9.72 Å². The molecule has 6 heteroatoms. The first-order valence-corrected chi connectivity index (χ1v) is 11.7. The van der Waals surface area contributed by atoms with E-state index >= 15 is 0 Å². The highest BCUT2D eigenvalue weighted by Gasteiger charge is 2.17. The maximum Gasteiger partial charge on any atom is 0.252 e. The maximum atomic E-state index is 13.3. The van der Waals surface area contributed by atoms with E-state index in [2.05, 4.69) is 46.4 Å². The van der Waals surface area contributed by atoms with E-state index in [9.17, 15) is 4.79 Å². The molecular formula is C28H28N4O2. The number of para-hydroxylation sites is 1. The monoisotopic (exact) mass is 452 g/mol. The van der Waals surface area contributed by atoms with Gasteiger partial charge >= 0.3 is 0 Å². The van der Waals surface area contributed by atoms with Crippen LogP contribution >= 0.6 is 0 Å². The molecule has 3 heterocycles. The van der Waals surface area contributed by atoms with Crippen molar-refractivity contribution in [2.75, 3.05) is 19.7 Å². The highest BCUT2D eigenvalue weighted by Crippen LogP contribution is 2.24. The SMILES string of the molecule is CC1CN(Cc2cccc(CNC(=O)c3cc(-c4cccnc4)nc4ccccc34)c2)CCO1. The Kier molecular flexibility index (Phi) is 6.60. The van der Waals surface area contributed by atoms with Crippen molar-refractivity contribution in [1.29, 1.82) is 0 Å². The summed E-state index contributed by atoms with van der Waals surface area (Å²) < 4.78 is 5.65. The molecule has 1 aliphatic heterocycles. The lowest BCUT2D eigenvalue weighted by molar-refractivity contribution is -0.0212. The molecule has 1 N–H and O–H groups in total. The predicted octanol–water partition coefficient (Wildman–Crippen LogP) is 4.45. The Bertz CT molecular complexity index is 1290. The number of aromatic nitrogens is 2. The number of pyridine rings is 2. The number of rotatable bonds is 6. The van der Waals surface area contributed by atoms with Gasteiger partial charge in [-0.1, -0.05) is 42.5 Å². The highest BCUT2D eigenvalue weighted by atomic mass is 16.5. The Morgan fingerprint density at radius 1 is 1.09 bits per heavy atom. The summed E-state index contributed by atoms with van der Waals surface area (Å²) in [6.07, 6.45) is 3.76. The first kappa shape index (κ1) is 22.2. The minimum atomic E-state index is -0.115. The summed E-state index contributed by atoms with van der Waals surface area (Å²) in [7, 11) is 0. The van der Waals surface area contributed by atoms with Gasteiger partial charge in [-0.3, -0.25) is 14.7 Å². The lowest BCUT2D eigenvalue weighted by Gasteiger charge is -2.31. The highest BCUT2D eigenvalue weighted by molar-refractivity contribution is 6.07. The smallest absolute Gasteiger partial charge is 0.252 e. The summed E-state index contributed by atoms with van der Waals surface area (Å²) in [5, 5.41) is 3.94. The fourth-order valence-corrected chi connectivity index (χ4v) is 4.43. The summed E-state index contributed by atoms with van der Waals surface area (Å²) in [5.41, 5.74) is 5.34. The molecule has 1 saturated heterocycles. The Labute approximate surface area is 199 Å². The quantitative estimate of drug-likeness (QED) is 0.468.